The molecule has 4 nitrogen and oxygen atoms in total. The molecule has 22 heavy (non-hydrogen) atoms. The minimum Gasteiger partial charge on any atom is -0.490 e. The van der Waals surface area contributed by atoms with E-state index in [2.05, 4.69) is 0 Å². The maximum Gasteiger partial charge on any atom is 0.269 e. The molecular weight excluding hydrogens is 276 g/mol. The molecule has 1 aromatic heterocycles. The van der Waals surface area contributed by atoms with Crippen molar-refractivity contribution < 1.29 is 4.74 Å². The van der Waals surface area contributed by atoms with Crippen molar-refractivity contribution in [3.05, 3.63) is 52.3 Å². The number of para-hydroxylation sites is 1. The molecule has 0 N–H and O–H groups in total. The third-order valence-electron chi connectivity index (χ3n) is 3.67. The summed E-state index contributed by atoms with van der Waals surface area (Å²) in [6.45, 7) is 3.95. The molecule has 1 saturated carbocycles. The Morgan fingerprint density at radius 1 is 1.23 bits per heavy atom. The largest absolute Gasteiger partial charge is 0.490 e. The van der Waals surface area contributed by atoms with Gasteiger partial charge in [-0.15, -0.1) is 0 Å². The minimum absolute atomic E-state index is 0.0561. The van der Waals surface area contributed by atoms with Crippen molar-refractivity contribution in [2.45, 2.75) is 38.8 Å². The standard InChI is InChI=1S/C18H18N2O2/c1-12(2)22-17-6-4-3-5-15(17)16-10-7-13(11-19)18(21)20(16)14-8-9-14/h3-7,10,12,14H,8-9H2,1-2H3. The molecule has 0 spiro atoms. The highest BCUT2D eigenvalue weighted by atomic mass is 16.5. The van der Waals surface area contributed by atoms with Crippen LogP contribution in [-0.2, 0) is 0 Å². The van der Waals surface area contributed by atoms with Crippen LogP contribution in [0.25, 0.3) is 11.3 Å². The second kappa shape index (κ2) is 5.69. The monoisotopic (exact) mass is 294 g/mol. The van der Waals surface area contributed by atoms with E-state index in [9.17, 15) is 4.79 Å². The summed E-state index contributed by atoms with van der Waals surface area (Å²) in [6, 6.07) is 13.3. The second-order valence-corrected chi connectivity index (χ2v) is 5.81. The number of aromatic nitrogens is 1. The first-order chi connectivity index (χ1) is 10.6. The molecule has 4 heteroatoms. The number of benzene rings is 1. The van der Waals surface area contributed by atoms with Gasteiger partial charge in [0.25, 0.3) is 5.56 Å². The van der Waals surface area contributed by atoms with Crippen LogP contribution >= 0.6 is 0 Å². The quantitative estimate of drug-likeness (QED) is 0.867. The van der Waals surface area contributed by atoms with Gasteiger partial charge in [0.05, 0.1) is 11.8 Å². The van der Waals surface area contributed by atoms with Crippen LogP contribution < -0.4 is 10.3 Å². The summed E-state index contributed by atoms with van der Waals surface area (Å²) in [5.41, 5.74) is 1.70. The molecule has 2 aromatic rings. The Morgan fingerprint density at radius 2 is 1.95 bits per heavy atom. The van der Waals surface area contributed by atoms with Crippen LogP contribution in [0.1, 0.15) is 38.3 Å². The van der Waals surface area contributed by atoms with E-state index in [-0.39, 0.29) is 23.3 Å². The average molecular weight is 294 g/mol. The van der Waals surface area contributed by atoms with E-state index in [4.69, 9.17) is 10.00 Å². The van der Waals surface area contributed by atoms with E-state index in [1.807, 2.05) is 50.2 Å². The summed E-state index contributed by atoms with van der Waals surface area (Å²) in [5, 5.41) is 9.09. The van der Waals surface area contributed by atoms with Gasteiger partial charge >= 0.3 is 0 Å². The Bertz CT molecular complexity index is 795. The number of hydrogen-bond acceptors (Lipinski definition) is 3. The van der Waals surface area contributed by atoms with Crippen LogP contribution in [-0.4, -0.2) is 10.7 Å². The van der Waals surface area contributed by atoms with E-state index >= 15 is 0 Å². The molecular formula is C18H18N2O2. The van der Waals surface area contributed by atoms with Crippen molar-refractivity contribution in [2.24, 2.45) is 0 Å². The van der Waals surface area contributed by atoms with Crippen molar-refractivity contribution in [2.75, 3.05) is 0 Å². The summed E-state index contributed by atoms with van der Waals surface area (Å²) in [4.78, 5) is 12.5. The highest BCUT2D eigenvalue weighted by Gasteiger charge is 2.28. The molecule has 0 unspecified atom stereocenters. The van der Waals surface area contributed by atoms with Gasteiger partial charge in [-0.05, 0) is 51.0 Å². The lowest BCUT2D eigenvalue weighted by atomic mass is 10.1. The predicted molar refractivity (Wildman–Crippen MR) is 84.9 cm³/mol. The fourth-order valence-electron chi connectivity index (χ4n) is 2.59. The topological polar surface area (TPSA) is 55.0 Å². The van der Waals surface area contributed by atoms with E-state index in [1.54, 1.807) is 10.6 Å². The van der Waals surface area contributed by atoms with Crippen LogP contribution in [0.15, 0.2) is 41.2 Å². The maximum absolute atomic E-state index is 12.5. The molecule has 112 valence electrons. The molecule has 0 atom stereocenters. The average Bonchev–Trinajstić information content (AvgIpc) is 3.31. The third-order valence-corrected chi connectivity index (χ3v) is 3.67. The lowest BCUT2D eigenvalue weighted by Crippen LogP contribution is -2.23. The Hall–Kier alpha value is -2.54. The lowest BCUT2D eigenvalue weighted by molar-refractivity contribution is 0.243. The summed E-state index contributed by atoms with van der Waals surface area (Å²) < 4.78 is 7.62. The second-order valence-electron chi connectivity index (χ2n) is 5.81. The summed E-state index contributed by atoms with van der Waals surface area (Å²) >= 11 is 0. The van der Waals surface area contributed by atoms with Gasteiger partial charge in [0.2, 0.25) is 0 Å². The van der Waals surface area contributed by atoms with Crippen LogP contribution in [0.2, 0.25) is 0 Å². The molecule has 0 saturated heterocycles. The lowest BCUT2D eigenvalue weighted by Gasteiger charge is -2.17. The Kier molecular flexibility index (Phi) is 3.72. The van der Waals surface area contributed by atoms with Crippen LogP contribution in [0, 0.1) is 11.3 Å². The Morgan fingerprint density at radius 3 is 2.59 bits per heavy atom. The van der Waals surface area contributed by atoms with E-state index in [0.29, 0.717) is 0 Å². The molecule has 1 aromatic carbocycles. The molecule has 0 radical (unpaired) electrons. The van der Waals surface area contributed by atoms with Crippen molar-refractivity contribution in [1.82, 2.24) is 4.57 Å². The van der Waals surface area contributed by atoms with Crippen LogP contribution in [0.3, 0.4) is 0 Å². The van der Waals surface area contributed by atoms with Crippen molar-refractivity contribution >= 4 is 0 Å². The smallest absolute Gasteiger partial charge is 0.269 e. The van der Waals surface area contributed by atoms with Gasteiger partial charge in [-0.3, -0.25) is 4.79 Å². The number of ether oxygens (including phenoxy) is 1. The zero-order valence-electron chi connectivity index (χ0n) is 12.7. The van der Waals surface area contributed by atoms with Gasteiger partial charge < -0.3 is 9.30 Å². The highest BCUT2D eigenvalue weighted by Crippen LogP contribution is 2.39. The maximum atomic E-state index is 12.5. The minimum atomic E-state index is -0.207. The fourth-order valence-corrected chi connectivity index (χ4v) is 2.59. The first-order valence-corrected chi connectivity index (χ1v) is 7.53. The van der Waals surface area contributed by atoms with Crippen molar-refractivity contribution in [1.29, 1.82) is 5.26 Å². The molecule has 0 bridgehead atoms. The fraction of sp³-hybridized carbons (Fsp3) is 0.333. The van der Waals surface area contributed by atoms with E-state index in [0.717, 1.165) is 29.8 Å². The summed E-state index contributed by atoms with van der Waals surface area (Å²) in [6.07, 6.45) is 2.02. The van der Waals surface area contributed by atoms with Gasteiger partial charge in [0.15, 0.2) is 0 Å². The number of nitrogens with zero attached hydrogens (tertiary/aromatic N) is 2. The van der Waals surface area contributed by atoms with Gasteiger partial charge in [-0.1, -0.05) is 12.1 Å². The first kappa shape index (κ1) is 14.4. The Labute approximate surface area is 129 Å². The number of hydrogen-bond donors (Lipinski definition) is 0. The molecule has 0 amide bonds. The third kappa shape index (κ3) is 2.62. The van der Waals surface area contributed by atoms with Gasteiger partial charge in [-0.25, -0.2) is 0 Å². The number of pyridine rings is 1. The molecule has 3 rings (SSSR count). The molecule has 1 fully saturated rings. The SMILES string of the molecule is CC(C)Oc1ccccc1-c1ccc(C#N)c(=O)n1C1CC1. The zero-order chi connectivity index (χ0) is 15.7. The van der Waals surface area contributed by atoms with Crippen molar-refractivity contribution in [3.63, 3.8) is 0 Å². The number of nitriles is 1. The van der Waals surface area contributed by atoms with Crippen molar-refractivity contribution in [3.8, 4) is 23.1 Å². The predicted octanol–water partition coefficient (Wildman–Crippen LogP) is 3.51. The molecule has 1 heterocycles. The Balaban J connectivity index is 2.19. The van der Waals surface area contributed by atoms with Crippen LogP contribution in [0.4, 0.5) is 0 Å². The summed E-state index contributed by atoms with van der Waals surface area (Å²) in [7, 11) is 0. The van der Waals surface area contributed by atoms with E-state index < -0.39 is 0 Å². The zero-order valence-corrected chi connectivity index (χ0v) is 12.7. The number of rotatable bonds is 4. The highest BCUT2D eigenvalue weighted by molar-refractivity contribution is 5.68. The molecule has 1 aliphatic rings. The van der Waals surface area contributed by atoms with Gasteiger partial charge in [0, 0.05) is 11.6 Å². The molecule has 1 aliphatic carbocycles. The molecule has 0 aliphatic heterocycles. The normalized spacial score (nSPS) is 13.9. The summed E-state index contributed by atoms with van der Waals surface area (Å²) in [5.74, 6) is 0.760. The van der Waals surface area contributed by atoms with E-state index in [1.165, 1.54) is 0 Å². The van der Waals surface area contributed by atoms with Gasteiger partial charge in [0.1, 0.15) is 17.4 Å². The first-order valence-electron chi connectivity index (χ1n) is 7.53. The van der Waals surface area contributed by atoms with Gasteiger partial charge in [-0.2, -0.15) is 5.26 Å². The van der Waals surface area contributed by atoms with Crippen LogP contribution in [0.5, 0.6) is 5.75 Å².